The van der Waals surface area contributed by atoms with Crippen LogP contribution in [0.2, 0.25) is 0 Å². The van der Waals surface area contributed by atoms with Crippen LogP contribution in [0, 0.1) is 5.41 Å². The third-order valence-corrected chi connectivity index (χ3v) is 1.63. The fourth-order valence-corrected chi connectivity index (χ4v) is 0.662. The summed E-state index contributed by atoms with van der Waals surface area (Å²) in [6.07, 6.45) is 5.20. The molecule has 1 nitrogen and oxygen atoms in total. The molecule has 0 aliphatic carbocycles. The van der Waals surface area contributed by atoms with Crippen molar-refractivity contribution in [3.63, 3.8) is 0 Å². The Morgan fingerprint density at radius 2 is 2.09 bits per heavy atom. The molecule has 0 fully saturated rings. The summed E-state index contributed by atoms with van der Waals surface area (Å²) >= 11 is 0. The highest BCUT2D eigenvalue weighted by Crippen LogP contribution is 2.18. The van der Waals surface area contributed by atoms with Crippen LogP contribution >= 0.6 is 0 Å². The number of hydrogen-bond acceptors (Lipinski definition) is 1. The van der Waals surface area contributed by atoms with Gasteiger partial charge >= 0.3 is 0 Å². The minimum Gasteiger partial charge on any atom is -0.330 e. The van der Waals surface area contributed by atoms with E-state index in [1.54, 1.807) is 0 Å². The van der Waals surface area contributed by atoms with Crippen molar-refractivity contribution in [2.24, 2.45) is 11.1 Å². The first-order valence-corrected chi connectivity index (χ1v) is 4.00. The van der Waals surface area contributed by atoms with Crippen LogP contribution in [0.1, 0.15) is 27.2 Å². The smallest absolute Gasteiger partial charge is 0.00229 e. The third-order valence-electron chi connectivity index (χ3n) is 1.63. The van der Waals surface area contributed by atoms with E-state index in [0.717, 1.165) is 18.5 Å². The van der Waals surface area contributed by atoms with Crippen molar-refractivity contribution < 1.29 is 0 Å². The summed E-state index contributed by atoms with van der Waals surface area (Å²) < 4.78 is 0. The van der Waals surface area contributed by atoms with E-state index >= 15 is 0 Å². The Labute approximate surface area is 70.0 Å². The van der Waals surface area contributed by atoms with Gasteiger partial charge in [-0.05, 0) is 25.3 Å². The maximum absolute atomic E-state index is 5.57. The second-order valence-corrected chi connectivity index (χ2v) is 3.82. The van der Waals surface area contributed by atoms with Crippen molar-refractivity contribution in [3.05, 3.63) is 24.3 Å². The molecule has 1 heteroatoms. The highest BCUT2D eigenvalue weighted by atomic mass is 14.6. The van der Waals surface area contributed by atoms with Gasteiger partial charge in [0.15, 0.2) is 0 Å². The summed E-state index contributed by atoms with van der Waals surface area (Å²) in [5.41, 5.74) is 6.89. The zero-order valence-corrected chi connectivity index (χ0v) is 7.85. The molecule has 0 aromatic heterocycles. The number of hydrogen-bond donors (Lipinski definition) is 1. The minimum absolute atomic E-state index is 0.228. The number of allylic oxidation sites excluding steroid dienone is 3. The Balaban J connectivity index is 3.78. The molecule has 64 valence electrons. The van der Waals surface area contributed by atoms with E-state index in [1.165, 1.54) is 0 Å². The molecule has 0 atom stereocenters. The van der Waals surface area contributed by atoms with E-state index in [4.69, 9.17) is 5.73 Å². The summed E-state index contributed by atoms with van der Waals surface area (Å²) in [7, 11) is 0. The van der Waals surface area contributed by atoms with Crippen molar-refractivity contribution >= 4 is 0 Å². The van der Waals surface area contributed by atoms with Gasteiger partial charge in [-0.3, -0.25) is 0 Å². The van der Waals surface area contributed by atoms with E-state index < -0.39 is 0 Å². The lowest BCUT2D eigenvalue weighted by atomic mass is 9.89. The standard InChI is InChI=1S/C10H19N/c1-9(2)6-5-7-10(3,4)8-11/h5-6H,1,7-8,11H2,2-4H3/b6-5-. The van der Waals surface area contributed by atoms with Crippen molar-refractivity contribution in [1.82, 2.24) is 0 Å². The molecule has 0 aromatic carbocycles. The Bertz CT molecular complexity index is 154. The van der Waals surface area contributed by atoms with Crippen LogP contribution in [-0.4, -0.2) is 6.54 Å². The fourth-order valence-electron chi connectivity index (χ4n) is 0.662. The monoisotopic (exact) mass is 153 g/mol. The number of rotatable bonds is 4. The quantitative estimate of drug-likeness (QED) is 0.617. The van der Waals surface area contributed by atoms with Crippen molar-refractivity contribution in [2.75, 3.05) is 6.54 Å². The van der Waals surface area contributed by atoms with Crippen LogP contribution in [0.4, 0.5) is 0 Å². The van der Waals surface area contributed by atoms with E-state index in [9.17, 15) is 0 Å². The lowest BCUT2D eigenvalue weighted by molar-refractivity contribution is 0.385. The van der Waals surface area contributed by atoms with Crippen molar-refractivity contribution in [2.45, 2.75) is 27.2 Å². The molecule has 0 aliphatic rings. The molecule has 0 amide bonds. The van der Waals surface area contributed by atoms with Gasteiger partial charge in [0.25, 0.3) is 0 Å². The first-order valence-electron chi connectivity index (χ1n) is 4.00. The van der Waals surface area contributed by atoms with Crippen LogP contribution in [0.3, 0.4) is 0 Å². The average molecular weight is 153 g/mol. The molecule has 2 N–H and O–H groups in total. The summed E-state index contributed by atoms with van der Waals surface area (Å²) in [6, 6.07) is 0. The summed E-state index contributed by atoms with van der Waals surface area (Å²) in [6.45, 7) is 10.8. The van der Waals surface area contributed by atoms with Gasteiger partial charge in [-0.25, -0.2) is 0 Å². The summed E-state index contributed by atoms with van der Waals surface area (Å²) in [4.78, 5) is 0. The Hall–Kier alpha value is -0.560. The third kappa shape index (κ3) is 5.86. The fraction of sp³-hybridized carbons (Fsp3) is 0.600. The first-order chi connectivity index (χ1) is 4.98. The molecular formula is C10H19N. The van der Waals surface area contributed by atoms with Gasteiger partial charge in [-0.2, -0.15) is 0 Å². The molecule has 0 saturated heterocycles. The molecule has 0 spiro atoms. The molecule has 0 heterocycles. The Morgan fingerprint density at radius 1 is 1.55 bits per heavy atom. The molecule has 0 rings (SSSR count). The van der Waals surface area contributed by atoms with Gasteiger partial charge < -0.3 is 5.73 Å². The zero-order chi connectivity index (χ0) is 8.91. The minimum atomic E-state index is 0.228. The van der Waals surface area contributed by atoms with Gasteiger partial charge in [0.2, 0.25) is 0 Å². The van der Waals surface area contributed by atoms with Gasteiger partial charge in [-0.1, -0.05) is 38.2 Å². The van der Waals surface area contributed by atoms with Crippen LogP contribution < -0.4 is 5.73 Å². The molecule has 11 heavy (non-hydrogen) atoms. The first kappa shape index (κ1) is 10.4. The van der Waals surface area contributed by atoms with Crippen LogP contribution in [-0.2, 0) is 0 Å². The van der Waals surface area contributed by atoms with Gasteiger partial charge in [0.1, 0.15) is 0 Å². The molecule has 0 aliphatic heterocycles. The lowest BCUT2D eigenvalue weighted by Gasteiger charge is -2.19. The van der Waals surface area contributed by atoms with E-state index in [2.05, 4.69) is 26.5 Å². The van der Waals surface area contributed by atoms with E-state index in [1.807, 2.05) is 13.0 Å². The van der Waals surface area contributed by atoms with Crippen LogP contribution in [0.15, 0.2) is 24.3 Å². The number of nitrogens with two attached hydrogens (primary N) is 1. The Morgan fingerprint density at radius 3 is 2.45 bits per heavy atom. The van der Waals surface area contributed by atoms with Crippen LogP contribution in [0.5, 0.6) is 0 Å². The molecular weight excluding hydrogens is 134 g/mol. The normalized spacial score (nSPS) is 12.4. The summed E-state index contributed by atoms with van der Waals surface area (Å²) in [5.74, 6) is 0. The second-order valence-electron chi connectivity index (χ2n) is 3.82. The largest absolute Gasteiger partial charge is 0.330 e. The van der Waals surface area contributed by atoms with Gasteiger partial charge in [0, 0.05) is 0 Å². The molecule has 0 unspecified atom stereocenters. The maximum atomic E-state index is 5.57. The second kappa shape index (κ2) is 4.35. The predicted octanol–water partition coefficient (Wildman–Crippen LogP) is 2.49. The average Bonchev–Trinajstić information content (AvgIpc) is 1.87. The van der Waals surface area contributed by atoms with E-state index in [-0.39, 0.29) is 5.41 Å². The van der Waals surface area contributed by atoms with E-state index in [0.29, 0.717) is 0 Å². The molecule has 0 aromatic rings. The van der Waals surface area contributed by atoms with Crippen molar-refractivity contribution in [1.29, 1.82) is 0 Å². The highest BCUT2D eigenvalue weighted by molar-refractivity contribution is 5.11. The molecule has 0 bridgehead atoms. The van der Waals surface area contributed by atoms with Crippen LogP contribution in [0.25, 0.3) is 0 Å². The highest BCUT2D eigenvalue weighted by Gasteiger charge is 2.12. The molecule has 0 saturated carbocycles. The van der Waals surface area contributed by atoms with Gasteiger partial charge in [-0.15, -0.1) is 0 Å². The van der Waals surface area contributed by atoms with Gasteiger partial charge in [0.05, 0.1) is 0 Å². The SMILES string of the molecule is C=C(C)/C=C\CC(C)(C)CN. The Kier molecular flexibility index (Phi) is 4.12. The lowest BCUT2D eigenvalue weighted by Crippen LogP contribution is -2.22. The zero-order valence-electron chi connectivity index (χ0n) is 7.85. The maximum Gasteiger partial charge on any atom is -0.00229 e. The predicted molar refractivity (Wildman–Crippen MR) is 51.4 cm³/mol. The summed E-state index contributed by atoms with van der Waals surface area (Å²) in [5, 5.41) is 0. The van der Waals surface area contributed by atoms with Crippen molar-refractivity contribution in [3.8, 4) is 0 Å². The molecule has 0 radical (unpaired) electrons. The topological polar surface area (TPSA) is 26.0 Å².